The molecule has 4 heteroatoms. The maximum atomic E-state index is 6.05. The van der Waals surface area contributed by atoms with Gasteiger partial charge in [0.15, 0.2) is 5.75 Å². The average Bonchev–Trinajstić information content (AvgIpc) is 2.29. The zero-order valence-electron chi connectivity index (χ0n) is 9.21. The number of para-hydroxylation sites is 1. The summed E-state index contributed by atoms with van der Waals surface area (Å²) in [6, 6.07) is 10.8. The summed E-state index contributed by atoms with van der Waals surface area (Å²) in [6.45, 7) is 1.92. The van der Waals surface area contributed by atoms with Crippen molar-refractivity contribution in [2.75, 3.05) is 5.73 Å². The Labute approximate surface area is 110 Å². The number of rotatable bonds is 2. The minimum absolute atomic E-state index is 0.386. The number of anilines is 1. The van der Waals surface area contributed by atoms with E-state index in [0.717, 1.165) is 5.56 Å². The van der Waals surface area contributed by atoms with Crippen molar-refractivity contribution in [3.05, 3.63) is 52.0 Å². The van der Waals surface area contributed by atoms with Gasteiger partial charge < -0.3 is 10.5 Å². The van der Waals surface area contributed by atoms with Crippen LogP contribution < -0.4 is 10.5 Å². The first-order valence-corrected chi connectivity index (χ1v) is 5.82. The maximum absolute atomic E-state index is 6.05. The molecule has 0 aliphatic heterocycles. The lowest BCUT2D eigenvalue weighted by molar-refractivity contribution is 0.481. The minimum Gasteiger partial charge on any atom is -0.453 e. The van der Waals surface area contributed by atoms with E-state index in [4.69, 9.17) is 33.7 Å². The van der Waals surface area contributed by atoms with Gasteiger partial charge in [-0.15, -0.1) is 0 Å². The quantitative estimate of drug-likeness (QED) is 0.803. The molecule has 0 aromatic heterocycles. The highest BCUT2D eigenvalue weighted by molar-refractivity contribution is 6.42. The molecule has 0 saturated carbocycles. The number of hydrogen-bond donors (Lipinski definition) is 1. The van der Waals surface area contributed by atoms with Crippen molar-refractivity contribution in [2.24, 2.45) is 0 Å². The van der Waals surface area contributed by atoms with Gasteiger partial charge in [0, 0.05) is 0 Å². The SMILES string of the molecule is Cc1cccc(N)c1Oc1cccc(Cl)c1Cl. The summed E-state index contributed by atoms with van der Waals surface area (Å²) in [5.41, 5.74) is 7.37. The Bertz CT molecular complexity index is 535. The predicted octanol–water partition coefficient (Wildman–Crippen LogP) is 4.68. The summed E-state index contributed by atoms with van der Waals surface area (Å²) in [4.78, 5) is 0. The third kappa shape index (κ3) is 2.48. The number of halogens is 2. The fourth-order valence-corrected chi connectivity index (χ4v) is 1.82. The van der Waals surface area contributed by atoms with Crippen LogP contribution in [0.15, 0.2) is 36.4 Å². The second kappa shape index (κ2) is 4.86. The molecule has 0 heterocycles. The number of aryl methyl sites for hydroxylation is 1. The van der Waals surface area contributed by atoms with E-state index >= 15 is 0 Å². The highest BCUT2D eigenvalue weighted by Gasteiger charge is 2.10. The third-order valence-corrected chi connectivity index (χ3v) is 3.17. The normalized spacial score (nSPS) is 10.3. The lowest BCUT2D eigenvalue weighted by Gasteiger charge is -2.12. The first-order chi connectivity index (χ1) is 8.09. The van der Waals surface area contributed by atoms with Crippen LogP contribution in [0.1, 0.15) is 5.56 Å². The molecule has 0 atom stereocenters. The molecule has 2 nitrogen and oxygen atoms in total. The van der Waals surface area contributed by atoms with Gasteiger partial charge in [-0.2, -0.15) is 0 Å². The Balaban J connectivity index is 2.42. The minimum atomic E-state index is 0.386. The molecular weight excluding hydrogens is 257 g/mol. The largest absolute Gasteiger partial charge is 0.453 e. The second-order valence-corrected chi connectivity index (χ2v) is 4.43. The van der Waals surface area contributed by atoms with Crippen molar-refractivity contribution < 1.29 is 4.74 Å². The highest BCUT2D eigenvalue weighted by Crippen LogP contribution is 2.37. The van der Waals surface area contributed by atoms with Crippen molar-refractivity contribution in [3.8, 4) is 11.5 Å². The molecule has 2 N–H and O–H groups in total. The number of nitrogens with two attached hydrogens (primary N) is 1. The molecule has 0 bridgehead atoms. The third-order valence-electron chi connectivity index (χ3n) is 2.37. The molecule has 0 unspecified atom stereocenters. The van der Waals surface area contributed by atoms with Gasteiger partial charge in [0.2, 0.25) is 0 Å². The molecule has 17 heavy (non-hydrogen) atoms. The van der Waals surface area contributed by atoms with E-state index in [-0.39, 0.29) is 0 Å². The molecule has 0 spiro atoms. The van der Waals surface area contributed by atoms with E-state index in [1.54, 1.807) is 24.3 Å². The Morgan fingerprint density at radius 3 is 2.47 bits per heavy atom. The van der Waals surface area contributed by atoms with Gasteiger partial charge in [-0.3, -0.25) is 0 Å². The summed E-state index contributed by atoms with van der Waals surface area (Å²) in [6.07, 6.45) is 0. The van der Waals surface area contributed by atoms with Gasteiger partial charge in [-0.1, -0.05) is 41.4 Å². The molecule has 0 aliphatic carbocycles. The highest BCUT2D eigenvalue weighted by atomic mass is 35.5. The first-order valence-electron chi connectivity index (χ1n) is 5.06. The summed E-state index contributed by atoms with van der Waals surface area (Å²) >= 11 is 12.0. The molecule has 2 aromatic rings. The van der Waals surface area contributed by atoms with Gasteiger partial charge in [0.05, 0.1) is 10.7 Å². The number of ether oxygens (including phenoxy) is 1. The smallest absolute Gasteiger partial charge is 0.153 e. The van der Waals surface area contributed by atoms with Crippen LogP contribution in [0.4, 0.5) is 5.69 Å². The number of benzene rings is 2. The predicted molar refractivity (Wildman–Crippen MR) is 72.1 cm³/mol. The van der Waals surface area contributed by atoms with E-state index < -0.39 is 0 Å². The first kappa shape index (κ1) is 12.1. The summed E-state index contributed by atoms with van der Waals surface area (Å²) in [5.74, 6) is 1.11. The molecule has 2 rings (SSSR count). The van der Waals surface area contributed by atoms with Crippen LogP contribution in [0.3, 0.4) is 0 Å². The average molecular weight is 268 g/mol. The van der Waals surface area contributed by atoms with Crippen molar-refractivity contribution >= 4 is 28.9 Å². The van der Waals surface area contributed by atoms with Gasteiger partial charge in [-0.25, -0.2) is 0 Å². The van der Waals surface area contributed by atoms with Crippen molar-refractivity contribution in [2.45, 2.75) is 6.92 Å². The van der Waals surface area contributed by atoms with Crippen LogP contribution in [0.5, 0.6) is 11.5 Å². The van der Waals surface area contributed by atoms with Crippen LogP contribution in [-0.2, 0) is 0 Å². The van der Waals surface area contributed by atoms with E-state index in [1.807, 2.05) is 19.1 Å². The summed E-state index contributed by atoms with van der Waals surface area (Å²) < 4.78 is 5.71. The van der Waals surface area contributed by atoms with Crippen molar-refractivity contribution in [1.82, 2.24) is 0 Å². The van der Waals surface area contributed by atoms with Crippen LogP contribution in [0.2, 0.25) is 10.0 Å². The number of nitrogen functional groups attached to an aromatic ring is 1. The summed E-state index contributed by atoms with van der Waals surface area (Å²) in [5, 5.41) is 0.841. The van der Waals surface area contributed by atoms with Gasteiger partial charge >= 0.3 is 0 Å². The zero-order valence-corrected chi connectivity index (χ0v) is 10.7. The van der Waals surface area contributed by atoms with E-state index in [0.29, 0.717) is 27.2 Å². The van der Waals surface area contributed by atoms with E-state index in [2.05, 4.69) is 0 Å². The topological polar surface area (TPSA) is 35.2 Å². The monoisotopic (exact) mass is 267 g/mol. The van der Waals surface area contributed by atoms with Crippen LogP contribution in [-0.4, -0.2) is 0 Å². The molecule has 2 aromatic carbocycles. The van der Waals surface area contributed by atoms with Gasteiger partial charge in [-0.05, 0) is 30.7 Å². The Morgan fingerprint density at radius 2 is 1.76 bits per heavy atom. The zero-order chi connectivity index (χ0) is 12.4. The fourth-order valence-electron chi connectivity index (χ4n) is 1.49. The van der Waals surface area contributed by atoms with Crippen LogP contribution in [0, 0.1) is 6.92 Å². The molecule has 0 aliphatic rings. The Morgan fingerprint density at radius 1 is 1.06 bits per heavy atom. The molecule has 0 radical (unpaired) electrons. The molecule has 0 fully saturated rings. The second-order valence-electron chi connectivity index (χ2n) is 3.65. The molecular formula is C13H11Cl2NO. The Hall–Kier alpha value is -1.38. The molecule has 88 valence electrons. The van der Waals surface area contributed by atoms with Crippen LogP contribution >= 0.6 is 23.2 Å². The lowest BCUT2D eigenvalue weighted by atomic mass is 10.2. The molecule has 0 saturated heterocycles. The number of hydrogen-bond acceptors (Lipinski definition) is 2. The lowest BCUT2D eigenvalue weighted by Crippen LogP contribution is -1.94. The van der Waals surface area contributed by atoms with Gasteiger partial charge in [0.1, 0.15) is 10.8 Å². The maximum Gasteiger partial charge on any atom is 0.153 e. The fraction of sp³-hybridized carbons (Fsp3) is 0.0769. The van der Waals surface area contributed by atoms with Crippen LogP contribution in [0.25, 0.3) is 0 Å². The van der Waals surface area contributed by atoms with E-state index in [9.17, 15) is 0 Å². The van der Waals surface area contributed by atoms with E-state index in [1.165, 1.54) is 0 Å². The summed E-state index contributed by atoms with van der Waals surface area (Å²) in [7, 11) is 0. The van der Waals surface area contributed by atoms with Gasteiger partial charge in [0.25, 0.3) is 0 Å². The Kier molecular flexibility index (Phi) is 3.46. The standard InChI is InChI=1S/C13H11Cl2NO/c1-8-4-2-6-10(16)13(8)17-11-7-3-5-9(14)12(11)15/h2-7H,16H2,1H3. The molecule has 0 amide bonds. The van der Waals surface area contributed by atoms with Crippen molar-refractivity contribution in [1.29, 1.82) is 0 Å². The van der Waals surface area contributed by atoms with Crippen molar-refractivity contribution in [3.63, 3.8) is 0 Å².